The average Bonchev–Trinajstić information content (AvgIpc) is 2.10. The second kappa shape index (κ2) is 3.85. The summed E-state index contributed by atoms with van der Waals surface area (Å²) in [6.07, 6.45) is 0.893. The lowest BCUT2D eigenvalue weighted by Gasteiger charge is -2.00. The number of hydrogen-bond acceptors (Lipinski definition) is 3. The summed E-state index contributed by atoms with van der Waals surface area (Å²) in [6, 6.07) is 5.36. The molecular formula is C10H11NO2. The number of ketones is 1. The molecule has 3 nitrogen and oxygen atoms in total. The van der Waals surface area contributed by atoms with E-state index < -0.39 is 0 Å². The highest BCUT2D eigenvalue weighted by Gasteiger charge is 2.03. The molecule has 13 heavy (non-hydrogen) atoms. The van der Waals surface area contributed by atoms with Crippen LogP contribution >= 0.6 is 0 Å². The fraction of sp³-hybridized carbons (Fsp3) is 0.200. The predicted octanol–water partition coefficient (Wildman–Crippen LogP) is 1.95. The van der Waals surface area contributed by atoms with E-state index in [0.717, 1.165) is 17.3 Å². The van der Waals surface area contributed by atoms with Gasteiger partial charge in [-0.15, -0.1) is 0 Å². The number of oxime groups is 1. The van der Waals surface area contributed by atoms with Gasteiger partial charge in [0.25, 0.3) is 0 Å². The zero-order chi connectivity index (χ0) is 9.84. The summed E-state index contributed by atoms with van der Waals surface area (Å²) in [5.41, 5.74) is 2.73. The standard InChI is InChI=1S/C10H11NO2/c1-7-3-4-9(5-8(7)2)10(12)6-11-13/h3-6,13H,1-2H3/b11-6-. The van der Waals surface area contributed by atoms with Crippen LogP contribution in [0.4, 0.5) is 0 Å². The van der Waals surface area contributed by atoms with E-state index in [2.05, 4.69) is 5.16 Å². The van der Waals surface area contributed by atoms with E-state index in [1.165, 1.54) is 0 Å². The Balaban J connectivity index is 3.04. The van der Waals surface area contributed by atoms with Crippen molar-refractivity contribution in [2.75, 3.05) is 0 Å². The van der Waals surface area contributed by atoms with Crippen molar-refractivity contribution in [3.8, 4) is 0 Å². The van der Waals surface area contributed by atoms with Gasteiger partial charge in [-0.25, -0.2) is 0 Å². The highest BCUT2D eigenvalue weighted by Crippen LogP contribution is 2.09. The van der Waals surface area contributed by atoms with E-state index in [9.17, 15) is 4.79 Å². The van der Waals surface area contributed by atoms with Crippen molar-refractivity contribution in [1.82, 2.24) is 0 Å². The Morgan fingerprint density at radius 2 is 2.08 bits per heavy atom. The van der Waals surface area contributed by atoms with Crippen LogP contribution in [0.1, 0.15) is 21.5 Å². The molecule has 1 aromatic rings. The van der Waals surface area contributed by atoms with Crippen LogP contribution < -0.4 is 0 Å². The second-order valence-corrected chi connectivity index (χ2v) is 2.91. The van der Waals surface area contributed by atoms with Crippen molar-refractivity contribution in [2.45, 2.75) is 13.8 Å². The minimum absolute atomic E-state index is 0.286. The molecule has 0 unspecified atom stereocenters. The molecule has 1 N–H and O–H groups in total. The van der Waals surface area contributed by atoms with Crippen LogP contribution in [0.5, 0.6) is 0 Å². The SMILES string of the molecule is Cc1ccc(C(=O)/C=N\O)cc1C. The minimum atomic E-state index is -0.286. The van der Waals surface area contributed by atoms with Crippen molar-refractivity contribution in [3.63, 3.8) is 0 Å². The number of carbonyl (C=O) groups is 1. The van der Waals surface area contributed by atoms with Gasteiger partial charge in [0.1, 0.15) is 6.21 Å². The van der Waals surface area contributed by atoms with Crippen LogP contribution in [-0.4, -0.2) is 17.2 Å². The normalized spacial score (nSPS) is 10.6. The predicted molar refractivity (Wildman–Crippen MR) is 50.5 cm³/mol. The number of aryl methyl sites for hydroxylation is 2. The van der Waals surface area contributed by atoms with Gasteiger partial charge in [0.2, 0.25) is 5.78 Å². The fourth-order valence-corrected chi connectivity index (χ4v) is 1.02. The summed E-state index contributed by atoms with van der Waals surface area (Å²) in [7, 11) is 0. The van der Waals surface area contributed by atoms with Crippen LogP contribution in [0.2, 0.25) is 0 Å². The first-order valence-corrected chi connectivity index (χ1v) is 3.94. The molecule has 0 atom stereocenters. The Labute approximate surface area is 76.7 Å². The van der Waals surface area contributed by atoms with Gasteiger partial charge in [0.05, 0.1) is 0 Å². The van der Waals surface area contributed by atoms with Crippen molar-refractivity contribution in [2.24, 2.45) is 5.16 Å². The molecule has 0 amide bonds. The van der Waals surface area contributed by atoms with Gasteiger partial charge in [-0.05, 0) is 31.0 Å². The molecule has 0 radical (unpaired) electrons. The maximum atomic E-state index is 11.2. The van der Waals surface area contributed by atoms with E-state index >= 15 is 0 Å². The quantitative estimate of drug-likeness (QED) is 0.325. The first-order chi connectivity index (χ1) is 6.15. The van der Waals surface area contributed by atoms with Gasteiger partial charge in [0.15, 0.2) is 0 Å². The number of benzene rings is 1. The zero-order valence-corrected chi connectivity index (χ0v) is 7.61. The molecule has 0 saturated heterocycles. The first kappa shape index (κ1) is 9.45. The van der Waals surface area contributed by atoms with E-state index in [4.69, 9.17) is 5.21 Å². The van der Waals surface area contributed by atoms with Crippen molar-refractivity contribution >= 4 is 12.0 Å². The molecule has 0 aliphatic rings. The molecule has 1 rings (SSSR count). The maximum absolute atomic E-state index is 11.2. The van der Waals surface area contributed by atoms with E-state index in [-0.39, 0.29) is 5.78 Å². The Morgan fingerprint density at radius 3 is 2.62 bits per heavy atom. The van der Waals surface area contributed by atoms with Gasteiger partial charge in [-0.3, -0.25) is 4.79 Å². The third-order valence-corrected chi connectivity index (χ3v) is 1.97. The maximum Gasteiger partial charge on any atom is 0.207 e. The second-order valence-electron chi connectivity index (χ2n) is 2.91. The van der Waals surface area contributed by atoms with Crippen molar-refractivity contribution < 1.29 is 10.0 Å². The molecule has 0 spiro atoms. The lowest BCUT2D eigenvalue weighted by molar-refractivity contribution is 0.106. The van der Waals surface area contributed by atoms with Crippen LogP contribution in [0, 0.1) is 13.8 Å². The summed E-state index contributed by atoms with van der Waals surface area (Å²) in [6.45, 7) is 3.91. The molecule has 1 aromatic carbocycles. The van der Waals surface area contributed by atoms with Crippen LogP contribution in [0.3, 0.4) is 0 Å². The number of hydrogen-bond donors (Lipinski definition) is 1. The monoisotopic (exact) mass is 177 g/mol. The molecule has 0 aliphatic heterocycles. The minimum Gasteiger partial charge on any atom is -0.411 e. The molecule has 0 bridgehead atoms. The molecule has 3 heteroatoms. The number of carbonyl (C=O) groups excluding carboxylic acids is 1. The van der Waals surface area contributed by atoms with Crippen LogP contribution in [0.15, 0.2) is 23.4 Å². The van der Waals surface area contributed by atoms with Gasteiger partial charge >= 0.3 is 0 Å². The van der Waals surface area contributed by atoms with Crippen LogP contribution in [-0.2, 0) is 0 Å². The Hall–Kier alpha value is -1.64. The highest BCUT2D eigenvalue weighted by atomic mass is 16.4. The Bertz CT molecular complexity index is 356. The van der Waals surface area contributed by atoms with Gasteiger partial charge < -0.3 is 5.21 Å². The van der Waals surface area contributed by atoms with Crippen molar-refractivity contribution in [3.05, 3.63) is 34.9 Å². The molecule has 0 saturated carbocycles. The molecular weight excluding hydrogens is 166 g/mol. The molecule has 0 heterocycles. The van der Waals surface area contributed by atoms with E-state index in [0.29, 0.717) is 5.56 Å². The topological polar surface area (TPSA) is 49.7 Å². The van der Waals surface area contributed by atoms with Gasteiger partial charge in [0, 0.05) is 5.56 Å². The number of rotatable bonds is 2. The summed E-state index contributed by atoms with van der Waals surface area (Å²) >= 11 is 0. The van der Waals surface area contributed by atoms with Crippen molar-refractivity contribution in [1.29, 1.82) is 0 Å². The third-order valence-electron chi connectivity index (χ3n) is 1.97. The number of Topliss-reactive ketones (excluding diaryl/α,β-unsaturated/α-hetero) is 1. The Morgan fingerprint density at radius 1 is 1.38 bits per heavy atom. The largest absolute Gasteiger partial charge is 0.411 e. The lowest BCUT2D eigenvalue weighted by atomic mass is 10.0. The molecule has 0 aliphatic carbocycles. The van der Waals surface area contributed by atoms with Gasteiger partial charge in [-0.1, -0.05) is 17.3 Å². The smallest absolute Gasteiger partial charge is 0.207 e. The molecule has 68 valence electrons. The average molecular weight is 177 g/mol. The first-order valence-electron chi connectivity index (χ1n) is 3.94. The van der Waals surface area contributed by atoms with Gasteiger partial charge in [-0.2, -0.15) is 0 Å². The van der Waals surface area contributed by atoms with E-state index in [1.54, 1.807) is 12.1 Å². The Kier molecular flexibility index (Phi) is 2.80. The van der Waals surface area contributed by atoms with E-state index in [1.807, 2.05) is 19.9 Å². The fourth-order valence-electron chi connectivity index (χ4n) is 1.02. The molecule has 0 aromatic heterocycles. The highest BCUT2D eigenvalue weighted by molar-refractivity contribution is 6.35. The third kappa shape index (κ3) is 2.15. The zero-order valence-electron chi connectivity index (χ0n) is 7.61. The lowest BCUT2D eigenvalue weighted by Crippen LogP contribution is -2.00. The summed E-state index contributed by atoms with van der Waals surface area (Å²) in [5, 5.41) is 10.9. The van der Waals surface area contributed by atoms with Crippen LogP contribution in [0.25, 0.3) is 0 Å². The summed E-state index contributed by atoms with van der Waals surface area (Å²) in [4.78, 5) is 11.2. The number of nitrogens with zero attached hydrogens (tertiary/aromatic N) is 1. The molecule has 0 fully saturated rings. The summed E-state index contributed by atoms with van der Waals surface area (Å²) in [5.74, 6) is -0.286. The summed E-state index contributed by atoms with van der Waals surface area (Å²) < 4.78 is 0.